The van der Waals surface area contributed by atoms with Crippen LogP contribution in [0.2, 0.25) is 5.02 Å². The average molecular weight is 366 g/mol. The van der Waals surface area contributed by atoms with Gasteiger partial charge in [0.15, 0.2) is 0 Å². The Morgan fingerprint density at radius 2 is 2.29 bits per heavy atom. The quantitative estimate of drug-likeness (QED) is 0.617. The zero-order valence-corrected chi connectivity index (χ0v) is 12.2. The van der Waals surface area contributed by atoms with Crippen molar-refractivity contribution in [1.82, 2.24) is 0 Å². The van der Waals surface area contributed by atoms with Gasteiger partial charge in [-0.15, -0.1) is 0 Å². The van der Waals surface area contributed by atoms with Crippen molar-refractivity contribution in [2.45, 2.75) is 13.3 Å². The second kappa shape index (κ2) is 6.86. The highest BCUT2D eigenvalue weighted by molar-refractivity contribution is 14.1. The smallest absolute Gasteiger partial charge is 0.331 e. The fourth-order valence-electron chi connectivity index (χ4n) is 1.30. The van der Waals surface area contributed by atoms with Crippen LogP contribution < -0.4 is 5.32 Å². The van der Waals surface area contributed by atoms with Crippen LogP contribution >= 0.6 is 34.2 Å². The summed E-state index contributed by atoms with van der Waals surface area (Å²) in [4.78, 5) is 10.8. The molecule has 0 heterocycles. The summed E-state index contributed by atoms with van der Waals surface area (Å²) in [5.74, 6) is -0.872. The summed E-state index contributed by atoms with van der Waals surface area (Å²) in [5.41, 5.74) is 1.21. The van der Waals surface area contributed by atoms with Crippen LogP contribution in [0.1, 0.15) is 13.3 Å². The predicted molar refractivity (Wildman–Crippen MR) is 78.7 cm³/mol. The van der Waals surface area contributed by atoms with E-state index in [1.54, 1.807) is 6.08 Å². The topological polar surface area (TPSA) is 49.3 Å². The fraction of sp³-hybridized carbons (Fsp3) is 0.250. The average Bonchev–Trinajstić information content (AvgIpc) is 2.26. The van der Waals surface area contributed by atoms with Gasteiger partial charge in [-0.05, 0) is 47.2 Å². The minimum absolute atomic E-state index is 0.402. The molecule has 0 radical (unpaired) electrons. The normalized spacial score (nSPS) is 11.4. The molecule has 0 atom stereocenters. The Bertz CT molecular complexity index is 446. The van der Waals surface area contributed by atoms with E-state index >= 15 is 0 Å². The van der Waals surface area contributed by atoms with Crippen LogP contribution in [0.5, 0.6) is 0 Å². The summed E-state index contributed by atoms with van der Waals surface area (Å²) in [5, 5.41) is 12.6. The number of hydrogen-bond acceptors (Lipinski definition) is 2. The van der Waals surface area contributed by atoms with E-state index in [2.05, 4.69) is 27.9 Å². The first-order chi connectivity index (χ1) is 8.04. The van der Waals surface area contributed by atoms with Crippen molar-refractivity contribution in [3.63, 3.8) is 0 Å². The summed E-state index contributed by atoms with van der Waals surface area (Å²) in [6.07, 6.45) is 2.17. The first-order valence-corrected chi connectivity index (χ1v) is 6.61. The van der Waals surface area contributed by atoms with Crippen molar-refractivity contribution in [1.29, 1.82) is 0 Å². The van der Waals surface area contributed by atoms with Gasteiger partial charge in [-0.3, -0.25) is 0 Å². The molecule has 0 unspecified atom stereocenters. The molecule has 0 saturated carbocycles. The summed E-state index contributed by atoms with van der Waals surface area (Å²) in [6, 6.07) is 5.67. The highest BCUT2D eigenvalue weighted by Crippen LogP contribution is 2.23. The molecule has 2 N–H and O–H groups in total. The fourth-order valence-corrected chi connectivity index (χ4v) is 2.22. The largest absolute Gasteiger partial charge is 0.478 e. The lowest BCUT2D eigenvalue weighted by Gasteiger charge is -2.07. The van der Waals surface area contributed by atoms with Crippen molar-refractivity contribution in [3.8, 4) is 0 Å². The highest BCUT2D eigenvalue weighted by atomic mass is 127. The maximum Gasteiger partial charge on any atom is 0.331 e. The van der Waals surface area contributed by atoms with Crippen LogP contribution in [0.3, 0.4) is 0 Å². The second-order valence-electron chi connectivity index (χ2n) is 3.39. The van der Waals surface area contributed by atoms with E-state index in [-0.39, 0.29) is 0 Å². The van der Waals surface area contributed by atoms with Gasteiger partial charge in [-0.25, -0.2) is 4.79 Å². The van der Waals surface area contributed by atoms with Gasteiger partial charge in [0.1, 0.15) is 0 Å². The van der Waals surface area contributed by atoms with Gasteiger partial charge < -0.3 is 10.4 Å². The summed E-state index contributed by atoms with van der Waals surface area (Å²) in [6.45, 7) is 2.27. The van der Waals surface area contributed by atoms with E-state index in [1.807, 2.05) is 25.1 Å². The first kappa shape index (κ1) is 14.3. The number of anilines is 1. The van der Waals surface area contributed by atoms with Crippen LogP contribution in [-0.4, -0.2) is 17.6 Å². The summed E-state index contributed by atoms with van der Waals surface area (Å²) in [7, 11) is 0. The van der Waals surface area contributed by atoms with Crippen LogP contribution in [0.15, 0.2) is 29.8 Å². The van der Waals surface area contributed by atoms with Crippen LogP contribution in [0.25, 0.3) is 0 Å². The minimum atomic E-state index is -0.872. The Kier molecular flexibility index (Phi) is 5.77. The summed E-state index contributed by atoms with van der Waals surface area (Å²) < 4.78 is 1.06. The van der Waals surface area contributed by atoms with Crippen molar-refractivity contribution in [2.75, 3.05) is 11.9 Å². The van der Waals surface area contributed by atoms with E-state index in [9.17, 15) is 4.79 Å². The number of aliphatic carboxylic acids is 1. The molecule has 1 rings (SSSR count). The number of rotatable bonds is 5. The predicted octanol–water partition coefficient (Wildman–Crippen LogP) is 3.78. The Labute approximate surface area is 119 Å². The standard InChI is InChI=1S/C12H13ClINO2/c1-2-8(12(16)17)5-6-15-11-4-3-9(14)7-10(11)13/h3-5,7,15H,2,6H2,1H3,(H,16,17)/b8-5-. The zero-order chi connectivity index (χ0) is 12.8. The SMILES string of the molecule is CC/C(=C/CNc1ccc(I)cc1Cl)C(=O)O. The Balaban J connectivity index is 2.65. The third-order valence-electron chi connectivity index (χ3n) is 2.23. The monoisotopic (exact) mass is 365 g/mol. The number of carboxylic acid groups (broad SMARTS) is 1. The molecule has 1 aromatic carbocycles. The molecule has 17 heavy (non-hydrogen) atoms. The number of benzene rings is 1. The highest BCUT2D eigenvalue weighted by Gasteiger charge is 2.03. The summed E-state index contributed by atoms with van der Waals surface area (Å²) >= 11 is 8.22. The van der Waals surface area contributed by atoms with Crippen molar-refractivity contribution < 1.29 is 9.90 Å². The van der Waals surface area contributed by atoms with E-state index in [0.29, 0.717) is 23.6 Å². The van der Waals surface area contributed by atoms with Crippen LogP contribution in [0, 0.1) is 3.57 Å². The third-order valence-corrected chi connectivity index (χ3v) is 3.21. The minimum Gasteiger partial charge on any atom is -0.478 e. The van der Waals surface area contributed by atoms with Crippen molar-refractivity contribution in [3.05, 3.63) is 38.4 Å². The Morgan fingerprint density at radius 3 is 2.82 bits per heavy atom. The number of hydrogen-bond donors (Lipinski definition) is 2. The molecule has 0 aliphatic carbocycles. The first-order valence-electron chi connectivity index (χ1n) is 5.15. The van der Waals surface area contributed by atoms with Gasteiger partial charge in [0, 0.05) is 15.7 Å². The number of carbonyl (C=O) groups is 1. The van der Waals surface area contributed by atoms with E-state index in [4.69, 9.17) is 16.7 Å². The van der Waals surface area contributed by atoms with E-state index < -0.39 is 5.97 Å². The zero-order valence-electron chi connectivity index (χ0n) is 9.34. The lowest BCUT2D eigenvalue weighted by atomic mass is 10.2. The molecule has 0 fully saturated rings. The molecule has 0 aromatic heterocycles. The molecule has 1 aromatic rings. The maximum absolute atomic E-state index is 10.8. The lowest BCUT2D eigenvalue weighted by Crippen LogP contribution is -2.05. The molecule has 5 heteroatoms. The molecular weight excluding hydrogens is 352 g/mol. The lowest BCUT2D eigenvalue weighted by molar-refractivity contribution is -0.132. The van der Waals surface area contributed by atoms with Gasteiger partial charge in [0.2, 0.25) is 0 Å². The third kappa shape index (κ3) is 4.55. The number of carboxylic acids is 1. The van der Waals surface area contributed by atoms with Gasteiger partial charge >= 0.3 is 5.97 Å². The van der Waals surface area contributed by atoms with E-state index in [1.165, 1.54) is 0 Å². The molecule has 0 saturated heterocycles. The molecule has 0 bridgehead atoms. The van der Waals surface area contributed by atoms with Gasteiger partial charge in [-0.1, -0.05) is 24.6 Å². The number of halogens is 2. The van der Waals surface area contributed by atoms with E-state index in [0.717, 1.165) is 9.26 Å². The Hall–Kier alpha value is -0.750. The van der Waals surface area contributed by atoms with Crippen molar-refractivity contribution >= 4 is 45.8 Å². The molecule has 3 nitrogen and oxygen atoms in total. The van der Waals surface area contributed by atoms with Crippen LogP contribution in [-0.2, 0) is 4.79 Å². The molecular formula is C12H13ClINO2. The Morgan fingerprint density at radius 1 is 1.59 bits per heavy atom. The van der Waals surface area contributed by atoms with Crippen LogP contribution in [0.4, 0.5) is 5.69 Å². The second-order valence-corrected chi connectivity index (χ2v) is 5.05. The molecule has 0 amide bonds. The van der Waals surface area contributed by atoms with Gasteiger partial charge in [-0.2, -0.15) is 0 Å². The molecule has 0 aliphatic heterocycles. The maximum atomic E-state index is 10.8. The molecule has 92 valence electrons. The molecule has 0 aliphatic rings. The number of nitrogens with one attached hydrogen (secondary N) is 1. The van der Waals surface area contributed by atoms with Gasteiger partial charge in [0.05, 0.1) is 10.7 Å². The van der Waals surface area contributed by atoms with Gasteiger partial charge in [0.25, 0.3) is 0 Å². The van der Waals surface area contributed by atoms with Crippen molar-refractivity contribution in [2.24, 2.45) is 0 Å². The molecule has 0 spiro atoms.